The van der Waals surface area contributed by atoms with Crippen LogP contribution in [-0.4, -0.2) is 61.9 Å². The minimum atomic E-state index is -2.80. The summed E-state index contributed by atoms with van der Waals surface area (Å²) in [5, 5.41) is 1.17. The van der Waals surface area contributed by atoms with Crippen LogP contribution in [0.3, 0.4) is 0 Å². The highest BCUT2D eigenvalue weighted by Gasteiger charge is 2.33. The van der Waals surface area contributed by atoms with Crippen LogP contribution in [0.25, 0.3) is 0 Å². The van der Waals surface area contributed by atoms with Crippen molar-refractivity contribution in [3.63, 3.8) is 0 Å². The molecule has 4 nitrogen and oxygen atoms in total. The molecule has 2 saturated heterocycles. The van der Waals surface area contributed by atoms with Crippen molar-refractivity contribution in [1.29, 1.82) is 0 Å². The first-order valence-electron chi connectivity index (χ1n) is 7.54. The van der Waals surface area contributed by atoms with E-state index in [-0.39, 0.29) is 6.04 Å². The molecule has 2 fully saturated rings. The maximum absolute atomic E-state index is 11.6. The number of nitrogens with zero attached hydrogens (tertiary/aromatic N) is 2. The maximum atomic E-state index is 11.6. The summed E-state index contributed by atoms with van der Waals surface area (Å²) in [5.74, 6) is 0.681. The van der Waals surface area contributed by atoms with Gasteiger partial charge in [0.15, 0.2) is 9.84 Å². The summed E-state index contributed by atoms with van der Waals surface area (Å²) in [6.45, 7) is 4.63. The van der Waals surface area contributed by atoms with Gasteiger partial charge in [0.2, 0.25) is 0 Å². The van der Waals surface area contributed by atoms with Gasteiger partial charge in [-0.25, -0.2) is 8.42 Å². The highest BCUT2D eigenvalue weighted by Crippen LogP contribution is 2.24. The molecular weight excluding hydrogens is 343 g/mol. The lowest BCUT2D eigenvalue weighted by Crippen LogP contribution is -2.50. The molecule has 0 unspecified atom stereocenters. The Hall–Kier alpha value is -0.330. The molecule has 0 aliphatic carbocycles. The van der Waals surface area contributed by atoms with E-state index in [9.17, 15) is 8.42 Å². The van der Waals surface area contributed by atoms with Crippen molar-refractivity contribution in [2.24, 2.45) is 0 Å². The Kier molecular flexibility index (Phi) is 5.00. The van der Waals surface area contributed by atoms with Crippen LogP contribution in [0.15, 0.2) is 18.2 Å². The Morgan fingerprint density at radius 2 is 1.82 bits per heavy atom. The summed E-state index contributed by atoms with van der Waals surface area (Å²) in [5.41, 5.74) is 1.16. The lowest BCUT2D eigenvalue weighted by molar-refractivity contribution is 0.100. The zero-order valence-electron chi connectivity index (χ0n) is 12.3. The van der Waals surface area contributed by atoms with Gasteiger partial charge in [0.1, 0.15) is 0 Å². The van der Waals surface area contributed by atoms with E-state index < -0.39 is 9.84 Å². The quantitative estimate of drug-likeness (QED) is 0.826. The molecule has 0 spiro atoms. The first kappa shape index (κ1) is 16.5. The Morgan fingerprint density at radius 3 is 2.41 bits per heavy atom. The van der Waals surface area contributed by atoms with Gasteiger partial charge in [0.25, 0.3) is 0 Å². The summed E-state index contributed by atoms with van der Waals surface area (Å²) in [6, 6.07) is 5.97. The van der Waals surface area contributed by atoms with E-state index in [4.69, 9.17) is 23.2 Å². The second kappa shape index (κ2) is 6.65. The number of benzene rings is 1. The van der Waals surface area contributed by atoms with E-state index in [2.05, 4.69) is 9.80 Å². The predicted molar refractivity (Wildman–Crippen MR) is 90.4 cm³/mol. The van der Waals surface area contributed by atoms with E-state index in [1.165, 1.54) is 0 Å². The van der Waals surface area contributed by atoms with Gasteiger partial charge in [0, 0.05) is 38.8 Å². The molecule has 0 radical (unpaired) electrons. The third kappa shape index (κ3) is 3.95. The molecule has 2 aliphatic rings. The van der Waals surface area contributed by atoms with Gasteiger partial charge in [-0.3, -0.25) is 9.80 Å². The third-order valence-electron chi connectivity index (χ3n) is 4.52. The normalized spacial score (nSPS) is 26.4. The molecule has 1 aromatic carbocycles. The largest absolute Gasteiger partial charge is 0.297 e. The first-order valence-corrected chi connectivity index (χ1v) is 10.1. The molecule has 0 amide bonds. The van der Waals surface area contributed by atoms with Gasteiger partial charge in [-0.2, -0.15) is 0 Å². The molecule has 1 atom stereocenters. The standard InChI is InChI=1S/C15H20Cl2N2O2S/c16-14-2-1-12(9-15(14)17)10-18-4-6-19(7-5-18)13-3-8-22(20,21)11-13/h1-2,9,13H,3-8,10-11H2/t13-/m1/s1. The summed E-state index contributed by atoms with van der Waals surface area (Å²) < 4.78 is 23.2. The third-order valence-corrected chi connectivity index (χ3v) is 7.01. The number of hydrogen-bond acceptors (Lipinski definition) is 4. The van der Waals surface area contributed by atoms with Crippen molar-refractivity contribution >= 4 is 33.0 Å². The minimum Gasteiger partial charge on any atom is -0.297 e. The number of rotatable bonds is 3. The fraction of sp³-hybridized carbons (Fsp3) is 0.600. The number of halogens is 2. The van der Waals surface area contributed by atoms with E-state index in [1.54, 1.807) is 0 Å². The van der Waals surface area contributed by atoms with Gasteiger partial charge < -0.3 is 0 Å². The Bertz CT molecular complexity index is 643. The molecule has 22 heavy (non-hydrogen) atoms. The fourth-order valence-electron chi connectivity index (χ4n) is 3.25. The van der Waals surface area contributed by atoms with Crippen LogP contribution in [0.5, 0.6) is 0 Å². The molecule has 0 aromatic heterocycles. The fourth-order valence-corrected chi connectivity index (χ4v) is 5.33. The average Bonchev–Trinajstić information content (AvgIpc) is 2.84. The summed E-state index contributed by atoms with van der Waals surface area (Å²) in [4.78, 5) is 4.70. The lowest BCUT2D eigenvalue weighted by Gasteiger charge is -2.37. The predicted octanol–water partition coefficient (Wildman–Crippen LogP) is 2.30. The SMILES string of the molecule is O=S1(=O)CC[C@@H](N2CCN(Cc3ccc(Cl)c(Cl)c3)CC2)C1. The van der Waals surface area contributed by atoms with Crippen molar-refractivity contribution in [1.82, 2.24) is 9.80 Å². The minimum absolute atomic E-state index is 0.220. The molecule has 0 bridgehead atoms. The second-order valence-electron chi connectivity index (χ2n) is 6.12. The molecule has 2 heterocycles. The van der Waals surface area contributed by atoms with E-state index in [0.29, 0.717) is 21.6 Å². The molecule has 7 heteroatoms. The van der Waals surface area contributed by atoms with Crippen LogP contribution in [0.4, 0.5) is 0 Å². The van der Waals surface area contributed by atoms with Gasteiger partial charge in [-0.15, -0.1) is 0 Å². The second-order valence-corrected chi connectivity index (χ2v) is 9.16. The van der Waals surface area contributed by atoms with Crippen LogP contribution in [0.2, 0.25) is 10.0 Å². The zero-order valence-corrected chi connectivity index (χ0v) is 14.7. The average molecular weight is 363 g/mol. The Labute approximate surface area is 141 Å². The summed E-state index contributed by atoms with van der Waals surface area (Å²) in [6.07, 6.45) is 0.787. The number of sulfone groups is 1. The monoisotopic (exact) mass is 362 g/mol. The molecule has 2 aliphatic heterocycles. The number of hydrogen-bond donors (Lipinski definition) is 0. The van der Waals surface area contributed by atoms with Crippen LogP contribution in [-0.2, 0) is 16.4 Å². The Morgan fingerprint density at radius 1 is 1.09 bits per heavy atom. The molecule has 1 aromatic rings. The maximum Gasteiger partial charge on any atom is 0.151 e. The molecule has 0 saturated carbocycles. The van der Waals surface area contributed by atoms with Crippen molar-refractivity contribution in [2.75, 3.05) is 37.7 Å². The van der Waals surface area contributed by atoms with Crippen LogP contribution >= 0.6 is 23.2 Å². The van der Waals surface area contributed by atoms with Gasteiger partial charge in [-0.05, 0) is 24.1 Å². The molecule has 0 N–H and O–H groups in total. The molecule has 3 rings (SSSR count). The van der Waals surface area contributed by atoms with Crippen molar-refractivity contribution in [3.8, 4) is 0 Å². The zero-order chi connectivity index (χ0) is 15.7. The number of piperazine rings is 1. The molecule has 122 valence electrons. The van der Waals surface area contributed by atoms with E-state index >= 15 is 0 Å². The van der Waals surface area contributed by atoms with Crippen molar-refractivity contribution in [3.05, 3.63) is 33.8 Å². The lowest BCUT2D eigenvalue weighted by atomic mass is 10.1. The van der Waals surface area contributed by atoms with E-state index in [0.717, 1.165) is 44.7 Å². The van der Waals surface area contributed by atoms with Crippen LogP contribution in [0, 0.1) is 0 Å². The van der Waals surface area contributed by atoms with Crippen molar-refractivity contribution < 1.29 is 8.42 Å². The van der Waals surface area contributed by atoms with Gasteiger partial charge in [0.05, 0.1) is 21.6 Å². The highest BCUT2D eigenvalue weighted by atomic mass is 35.5. The van der Waals surface area contributed by atoms with Crippen molar-refractivity contribution in [2.45, 2.75) is 19.0 Å². The van der Waals surface area contributed by atoms with E-state index in [1.807, 2.05) is 18.2 Å². The van der Waals surface area contributed by atoms with Gasteiger partial charge in [-0.1, -0.05) is 29.3 Å². The van der Waals surface area contributed by atoms with Crippen LogP contribution < -0.4 is 0 Å². The Balaban J connectivity index is 1.52. The summed E-state index contributed by atoms with van der Waals surface area (Å²) >= 11 is 12.0. The van der Waals surface area contributed by atoms with Crippen LogP contribution in [0.1, 0.15) is 12.0 Å². The highest BCUT2D eigenvalue weighted by molar-refractivity contribution is 7.91. The smallest absolute Gasteiger partial charge is 0.151 e. The first-order chi connectivity index (χ1) is 10.4. The topological polar surface area (TPSA) is 40.6 Å². The van der Waals surface area contributed by atoms with Gasteiger partial charge >= 0.3 is 0 Å². The molecular formula is C15H20Cl2N2O2S. The summed E-state index contributed by atoms with van der Waals surface area (Å²) in [7, 11) is -2.80.